The minimum atomic E-state index is -4.27. The topological polar surface area (TPSA) is 56.3 Å². The predicted octanol–water partition coefficient (Wildman–Crippen LogP) is 2.56. The van der Waals surface area contributed by atoms with Crippen molar-refractivity contribution >= 4 is 42.3 Å². The van der Waals surface area contributed by atoms with Gasteiger partial charge in [-0.05, 0) is 28.7 Å². The van der Waals surface area contributed by atoms with E-state index in [4.69, 9.17) is 10.7 Å². The summed E-state index contributed by atoms with van der Waals surface area (Å²) in [7, 11) is 1.91. The number of ether oxygens (including phenoxy) is 1. The Balaban J connectivity index is 3.64. The summed E-state index contributed by atoms with van der Waals surface area (Å²) < 4.78 is 52.4. The second kappa shape index (κ2) is 4.96. The van der Waals surface area contributed by atoms with E-state index in [0.717, 1.165) is 13.2 Å². The quantitative estimate of drug-likeness (QED) is 0.457. The fourth-order valence-corrected chi connectivity index (χ4v) is 2.86. The number of halogens is 4. The molecule has 0 unspecified atom stereocenters. The second-order valence-corrected chi connectivity index (χ2v) is 6.24. The van der Waals surface area contributed by atoms with Gasteiger partial charge in [0.1, 0.15) is 3.70 Å². The van der Waals surface area contributed by atoms with Gasteiger partial charge in [-0.15, -0.1) is 0 Å². The lowest BCUT2D eigenvalue weighted by atomic mass is 10.3. The van der Waals surface area contributed by atoms with Crippen LogP contribution >= 0.6 is 33.3 Å². The van der Waals surface area contributed by atoms with Crippen molar-refractivity contribution in [1.82, 2.24) is 4.98 Å². The van der Waals surface area contributed by atoms with Crippen LogP contribution in [-0.2, 0) is 9.05 Å². The smallest absolute Gasteiger partial charge is 0.270 e. The van der Waals surface area contributed by atoms with E-state index in [-0.39, 0.29) is 3.70 Å². The maximum absolute atomic E-state index is 12.7. The van der Waals surface area contributed by atoms with E-state index in [1.165, 1.54) is 0 Å². The van der Waals surface area contributed by atoms with E-state index in [1.54, 1.807) is 22.6 Å². The van der Waals surface area contributed by atoms with Crippen LogP contribution in [0, 0.1) is 3.70 Å². The zero-order chi connectivity index (χ0) is 12.5. The monoisotopic (exact) mass is 383 g/mol. The molecule has 16 heavy (non-hydrogen) atoms. The Morgan fingerprint density at radius 1 is 1.56 bits per heavy atom. The van der Waals surface area contributed by atoms with Crippen LogP contribution in [0.5, 0.6) is 5.88 Å². The zero-order valence-electron chi connectivity index (χ0n) is 7.75. The number of alkyl halides is 2. The average molecular weight is 384 g/mol. The molecule has 0 fully saturated rings. The molecular formula is C7H5ClF2INO3S. The molecule has 0 aliphatic carbocycles. The van der Waals surface area contributed by atoms with Gasteiger partial charge in [0.2, 0.25) is 5.88 Å². The molecule has 90 valence electrons. The number of nitrogens with zero attached hydrogens (tertiary/aromatic N) is 1. The summed E-state index contributed by atoms with van der Waals surface area (Å²) >= 11 is 1.68. The number of aromatic nitrogens is 1. The first-order chi connectivity index (χ1) is 7.27. The highest BCUT2D eigenvalue weighted by Crippen LogP contribution is 2.35. The summed E-state index contributed by atoms with van der Waals surface area (Å²) in [6.07, 6.45) is -3.04. The van der Waals surface area contributed by atoms with Crippen molar-refractivity contribution in [3.63, 3.8) is 0 Å². The van der Waals surface area contributed by atoms with Crippen molar-refractivity contribution in [2.45, 2.75) is 11.3 Å². The van der Waals surface area contributed by atoms with Gasteiger partial charge in [0.05, 0.1) is 17.6 Å². The lowest BCUT2D eigenvalue weighted by Gasteiger charge is -2.10. The molecule has 0 spiro atoms. The van der Waals surface area contributed by atoms with Gasteiger partial charge in [-0.1, -0.05) is 0 Å². The van der Waals surface area contributed by atoms with E-state index >= 15 is 0 Å². The van der Waals surface area contributed by atoms with E-state index in [9.17, 15) is 17.2 Å². The summed E-state index contributed by atoms with van der Waals surface area (Å²) in [6, 6.07) is 0.965. The highest BCUT2D eigenvalue weighted by molar-refractivity contribution is 14.1. The second-order valence-electron chi connectivity index (χ2n) is 2.60. The summed E-state index contributed by atoms with van der Waals surface area (Å²) in [5.41, 5.74) is -0.821. The molecule has 0 aromatic carbocycles. The van der Waals surface area contributed by atoms with Gasteiger partial charge in [-0.25, -0.2) is 22.2 Å². The standard InChI is InChI=1S/C7H5ClF2INO3S/c1-15-7-5(6(9)10)3(16(8,13)14)2-4(11)12-7/h2,6H,1H3. The van der Waals surface area contributed by atoms with Crippen molar-refractivity contribution in [3.8, 4) is 5.88 Å². The van der Waals surface area contributed by atoms with Crippen molar-refractivity contribution in [2.75, 3.05) is 7.11 Å². The lowest BCUT2D eigenvalue weighted by molar-refractivity contribution is 0.142. The van der Waals surface area contributed by atoms with Crippen molar-refractivity contribution in [1.29, 1.82) is 0 Å². The average Bonchev–Trinajstić information content (AvgIpc) is 2.14. The number of hydrogen-bond acceptors (Lipinski definition) is 4. The molecule has 0 aliphatic heterocycles. The van der Waals surface area contributed by atoms with E-state index in [0.29, 0.717) is 0 Å². The molecule has 0 amide bonds. The molecule has 4 nitrogen and oxygen atoms in total. The number of pyridine rings is 1. The van der Waals surface area contributed by atoms with Gasteiger partial charge < -0.3 is 4.74 Å². The Bertz CT molecular complexity index is 509. The molecule has 1 aromatic rings. The largest absolute Gasteiger partial charge is 0.481 e. The SMILES string of the molecule is COc1nc(I)cc(S(=O)(=O)Cl)c1C(F)F. The summed E-state index contributed by atoms with van der Waals surface area (Å²) in [4.78, 5) is 2.97. The van der Waals surface area contributed by atoms with Gasteiger partial charge in [-0.2, -0.15) is 0 Å². The van der Waals surface area contributed by atoms with Crippen LogP contribution in [0.4, 0.5) is 8.78 Å². The van der Waals surface area contributed by atoms with E-state index < -0.39 is 31.8 Å². The first-order valence-electron chi connectivity index (χ1n) is 3.74. The van der Waals surface area contributed by atoms with E-state index in [1.807, 2.05) is 0 Å². The molecule has 0 saturated carbocycles. The van der Waals surface area contributed by atoms with Crippen LogP contribution < -0.4 is 4.74 Å². The summed E-state index contributed by atoms with van der Waals surface area (Å²) in [5, 5.41) is 0. The Hall–Kier alpha value is -0.220. The van der Waals surface area contributed by atoms with Crippen LogP contribution in [0.15, 0.2) is 11.0 Å². The first-order valence-corrected chi connectivity index (χ1v) is 7.13. The van der Waals surface area contributed by atoms with Crippen LogP contribution in [0.25, 0.3) is 0 Å². The number of methoxy groups -OCH3 is 1. The third-order valence-corrected chi connectivity index (χ3v) is 3.54. The lowest BCUT2D eigenvalue weighted by Crippen LogP contribution is -2.05. The minimum absolute atomic E-state index is 0.193. The highest BCUT2D eigenvalue weighted by atomic mass is 127. The number of hydrogen-bond donors (Lipinski definition) is 0. The first kappa shape index (κ1) is 13.8. The molecule has 0 bridgehead atoms. The molecule has 0 radical (unpaired) electrons. The Morgan fingerprint density at radius 3 is 2.50 bits per heavy atom. The summed E-state index contributed by atoms with van der Waals surface area (Å²) in [6.45, 7) is 0. The van der Waals surface area contributed by atoms with Gasteiger partial charge >= 0.3 is 0 Å². The van der Waals surface area contributed by atoms with Crippen LogP contribution in [0.2, 0.25) is 0 Å². The Labute approximate surface area is 109 Å². The minimum Gasteiger partial charge on any atom is -0.481 e. The Kier molecular flexibility index (Phi) is 4.29. The maximum atomic E-state index is 12.7. The molecule has 0 N–H and O–H groups in total. The molecular weight excluding hydrogens is 379 g/mol. The van der Waals surface area contributed by atoms with Gasteiger partial charge in [0.25, 0.3) is 15.5 Å². The molecule has 0 aliphatic rings. The molecule has 1 heterocycles. The predicted molar refractivity (Wildman–Crippen MR) is 61.5 cm³/mol. The van der Waals surface area contributed by atoms with Crippen LogP contribution in [0.3, 0.4) is 0 Å². The third-order valence-electron chi connectivity index (χ3n) is 1.63. The van der Waals surface area contributed by atoms with Crippen molar-refractivity contribution in [3.05, 3.63) is 15.3 Å². The highest BCUT2D eigenvalue weighted by Gasteiger charge is 2.27. The van der Waals surface area contributed by atoms with Gasteiger partial charge in [-0.3, -0.25) is 0 Å². The normalized spacial score (nSPS) is 11.9. The van der Waals surface area contributed by atoms with Crippen molar-refractivity contribution in [2.24, 2.45) is 0 Å². The molecule has 1 aromatic heterocycles. The summed E-state index contributed by atoms with van der Waals surface area (Å²) in [5.74, 6) is -0.443. The maximum Gasteiger partial charge on any atom is 0.270 e. The van der Waals surface area contributed by atoms with Crippen LogP contribution in [-0.4, -0.2) is 20.5 Å². The third kappa shape index (κ3) is 2.92. The van der Waals surface area contributed by atoms with E-state index in [2.05, 4.69) is 9.72 Å². The van der Waals surface area contributed by atoms with Crippen LogP contribution in [0.1, 0.15) is 12.0 Å². The molecule has 0 saturated heterocycles. The van der Waals surface area contributed by atoms with Gasteiger partial charge in [0, 0.05) is 10.7 Å². The fourth-order valence-electron chi connectivity index (χ4n) is 1.04. The molecule has 9 heteroatoms. The molecule has 0 atom stereocenters. The Morgan fingerprint density at radius 2 is 2.12 bits per heavy atom. The zero-order valence-corrected chi connectivity index (χ0v) is 11.5. The van der Waals surface area contributed by atoms with Gasteiger partial charge in [0.15, 0.2) is 0 Å². The fraction of sp³-hybridized carbons (Fsp3) is 0.286. The number of rotatable bonds is 3. The molecule has 1 rings (SSSR count). The van der Waals surface area contributed by atoms with Crippen molar-refractivity contribution < 1.29 is 21.9 Å².